The first kappa shape index (κ1) is 21.7. The van der Waals surface area contributed by atoms with Gasteiger partial charge in [-0.1, -0.05) is 28.1 Å². The number of ether oxygens (including phenoxy) is 1. The van der Waals surface area contributed by atoms with Gasteiger partial charge in [-0.3, -0.25) is 4.99 Å². The number of benzene rings is 2. The zero-order valence-corrected chi connectivity index (χ0v) is 18.2. The molecule has 0 amide bonds. The molecule has 3 N–H and O–H groups in total. The van der Waals surface area contributed by atoms with Gasteiger partial charge in [0.05, 0.1) is 30.0 Å². The van der Waals surface area contributed by atoms with E-state index < -0.39 is 9.84 Å². The molecule has 0 saturated carbocycles. The van der Waals surface area contributed by atoms with Gasteiger partial charge in [0.25, 0.3) is 0 Å². The summed E-state index contributed by atoms with van der Waals surface area (Å²) in [6.07, 6.45) is 0. The molecule has 9 heteroatoms. The Morgan fingerprint density at radius 1 is 1.20 bits per heavy atom. The molecular formula is C16H19BrIN3O3S. The van der Waals surface area contributed by atoms with E-state index in [-0.39, 0.29) is 47.1 Å². The molecule has 0 fully saturated rings. The van der Waals surface area contributed by atoms with Gasteiger partial charge in [-0.05, 0) is 36.4 Å². The van der Waals surface area contributed by atoms with Crippen molar-refractivity contribution in [1.29, 1.82) is 0 Å². The fraction of sp³-hybridized carbons (Fsp3) is 0.188. The van der Waals surface area contributed by atoms with E-state index in [2.05, 4.69) is 26.2 Å². The molecule has 2 rings (SSSR count). The van der Waals surface area contributed by atoms with Crippen LogP contribution in [0.1, 0.15) is 0 Å². The van der Waals surface area contributed by atoms with Gasteiger partial charge in [0.1, 0.15) is 5.75 Å². The van der Waals surface area contributed by atoms with Crippen molar-refractivity contribution in [2.45, 2.75) is 4.90 Å². The number of nitrogens with two attached hydrogens (primary N) is 1. The first-order chi connectivity index (χ1) is 11.4. The number of guanidine groups is 1. The SMILES string of the molecule is COc1ccccc1NC(N)=NCCS(=O)(=O)c1ccc(Br)cc1.I. The molecule has 0 bridgehead atoms. The third kappa shape index (κ3) is 6.48. The van der Waals surface area contributed by atoms with Gasteiger partial charge in [0.2, 0.25) is 0 Å². The molecule has 2 aromatic rings. The summed E-state index contributed by atoms with van der Waals surface area (Å²) in [6.45, 7) is 0.0619. The highest BCUT2D eigenvalue weighted by Crippen LogP contribution is 2.22. The van der Waals surface area contributed by atoms with Crippen LogP contribution in [0.15, 0.2) is 62.9 Å². The summed E-state index contributed by atoms with van der Waals surface area (Å²) in [5.74, 6) is 0.631. The zero-order chi connectivity index (χ0) is 17.6. The largest absolute Gasteiger partial charge is 0.495 e. The van der Waals surface area contributed by atoms with Crippen LogP contribution in [0, 0.1) is 0 Å². The lowest BCUT2D eigenvalue weighted by atomic mass is 10.3. The summed E-state index contributed by atoms with van der Waals surface area (Å²) >= 11 is 3.28. The number of methoxy groups -OCH3 is 1. The molecule has 2 aromatic carbocycles. The van der Waals surface area contributed by atoms with Crippen molar-refractivity contribution in [3.8, 4) is 5.75 Å². The van der Waals surface area contributed by atoms with Gasteiger partial charge in [0, 0.05) is 4.47 Å². The molecule has 25 heavy (non-hydrogen) atoms. The highest BCUT2D eigenvalue weighted by atomic mass is 127. The minimum atomic E-state index is -3.39. The fourth-order valence-corrected chi connectivity index (χ4v) is 3.35. The molecule has 0 aliphatic carbocycles. The van der Waals surface area contributed by atoms with E-state index in [1.807, 2.05) is 12.1 Å². The maximum Gasteiger partial charge on any atom is 0.193 e. The van der Waals surface area contributed by atoms with Crippen LogP contribution in [0.25, 0.3) is 0 Å². The number of halogens is 2. The maximum absolute atomic E-state index is 12.2. The molecule has 0 radical (unpaired) electrons. The molecule has 136 valence electrons. The minimum absolute atomic E-state index is 0. The van der Waals surface area contributed by atoms with Gasteiger partial charge in [-0.2, -0.15) is 0 Å². The number of hydrogen-bond donors (Lipinski definition) is 2. The lowest BCUT2D eigenvalue weighted by Gasteiger charge is -2.10. The number of aliphatic imine (C=N–C) groups is 1. The zero-order valence-electron chi connectivity index (χ0n) is 13.5. The molecule has 0 spiro atoms. The monoisotopic (exact) mass is 539 g/mol. The van der Waals surface area contributed by atoms with Crippen molar-refractivity contribution >= 4 is 61.4 Å². The van der Waals surface area contributed by atoms with Crippen molar-refractivity contribution < 1.29 is 13.2 Å². The molecule has 0 heterocycles. The van der Waals surface area contributed by atoms with Crippen LogP contribution < -0.4 is 15.8 Å². The Balaban J connectivity index is 0.00000312. The molecule has 6 nitrogen and oxygen atoms in total. The predicted molar refractivity (Wildman–Crippen MR) is 115 cm³/mol. The van der Waals surface area contributed by atoms with Crippen LogP contribution >= 0.6 is 39.9 Å². The van der Waals surface area contributed by atoms with Crippen LogP contribution in [0.4, 0.5) is 5.69 Å². The normalized spacial score (nSPS) is 11.5. The topological polar surface area (TPSA) is 93.8 Å². The van der Waals surface area contributed by atoms with E-state index in [0.29, 0.717) is 11.4 Å². The summed E-state index contributed by atoms with van der Waals surface area (Å²) < 4.78 is 30.5. The van der Waals surface area contributed by atoms with Gasteiger partial charge in [0.15, 0.2) is 15.8 Å². The van der Waals surface area contributed by atoms with Gasteiger partial charge in [-0.15, -0.1) is 24.0 Å². The van der Waals surface area contributed by atoms with Gasteiger partial charge < -0.3 is 15.8 Å². The van der Waals surface area contributed by atoms with E-state index in [1.54, 1.807) is 43.5 Å². The van der Waals surface area contributed by atoms with Gasteiger partial charge >= 0.3 is 0 Å². The van der Waals surface area contributed by atoms with E-state index in [1.165, 1.54) is 0 Å². The maximum atomic E-state index is 12.2. The third-order valence-electron chi connectivity index (χ3n) is 3.18. The average Bonchev–Trinajstić information content (AvgIpc) is 2.55. The first-order valence-corrected chi connectivity index (χ1v) is 9.55. The van der Waals surface area contributed by atoms with Crippen LogP contribution in [-0.2, 0) is 9.84 Å². The summed E-state index contributed by atoms with van der Waals surface area (Å²) in [4.78, 5) is 4.32. The van der Waals surface area contributed by atoms with E-state index in [4.69, 9.17) is 10.5 Å². The van der Waals surface area contributed by atoms with Crippen molar-refractivity contribution in [1.82, 2.24) is 0 Å². The Labute approximate surface area is 172 Å². The molecule has 0 atom stereocenters. The number of rotatable bonds is 6. The van der Waals surface area contributed by atoms with Crippen molar-refractivity contribution in [2.75, 3.05) is 24.7 Å². The summed E-state index contributed by atoms with van der Waals surface area (Å²) in [5, 5.41) is 2.90. The summed E-state index contributed by atoms with van der Waals surface area (Å²) in [5.41, 5.74) is 6.46. The standard InChI is InChI=1S/C16H18BrN3O3S.HI/c1-23-15-5-3-2-4-14(15)20-16(18)19-10-11-24(21,22)13-8-6-12(17)7-9-13;/h2-9H,10-11H2,1H3,(H3,18,19,20);1H. The predicted octanol–water partition coefficient (Wildman–Crippen LogP) is 3.28. The highest BCUT2D eigenvalue weighted by Gasteiger charge is 2.13. The Morgan fingerprint density at radius 3 is 2.48 bits per heavy atom. The minimum Gasteiger partial charge on any atom is -0.495 e. The molecule has 0 aliphatic heterocycles. The van der Waals surface area contributed by atoms with E-state index >= 15 is 0 Å². The molecule has 0 aliphatic rings. The quantitative estimate of drug-likeness (QED) is 0.334. The average molecular weight is 540 g/mol. The smallest absolute Gasteiger partial charge is 0.193 e. The Morgan fingerprint density at radius 2 is 1.84 bits per heavy atom. The number of anilines is 1. The lowest BCUT2D eigenvalue weighted by molar-refractivity contribution is 0.417. The number of hydrogen-bond acceptors (Lipinski definition) is 4. The third-order valence-corrected chi connectivity index (χ3v) is 5.42. The Kier molecular flexibility index (Phi) is 8.66. The summed E-state index contributed by atoms with van der Waals surface area (Å²) in [6, 6.07) is 13.7. The van der Waals surface area contributed by atoms with E-state index in [9.17, 15) is 8.42 Å². The lowest BCUT2D eigenvalue weighted by Crippen LogP contribution is -2.24. The summed E-state index contributed by atoms with van der Waals surface area (Å²) in [7, 11) is -1.84. The Hall–Kier alpha value is -1.33. The number of nitrogens with one attached hydrogen (secondary N) is 1. The number of nitrogens with zero attached hydrogens (tertiary/aromatic N) is 1. The van der Waals surface area contributed by atoms with Crippen molar-refractivity contribution in [2.24, 2.45) is 10.7 Å². The van der Waals surface area contributed by atoms with Gasteiger partial charge in [-0.25, -0.2) is 8.42 Å². The van der Waals surface area contributed by atoms with Crippen LogP contribution in [-0.4, -0.2) is 33.8 Å². The Bertz CT molecular complexity index is 827. The molecule has 0 aromatic heterocycles. The second kappa shape index (κ2) is 9.97. The van der Waals surface area contributed by atoms with Crippen molar-refractivity contribution in [3.05, 3.63) is 53.0 Å². The highest BCUT2D eigenvalue weighted by molar-refractivity contribution is 14.0. The second-order valence-corrected chi connectivity index (χ2v) is 7.89. The molecule has 0 saturated heterocycles. The fourth-order valence-electron chi connectivity index (χ4n) is 1.97. The van der Waals surface area contributed by atoms with Crippen LogP contribution in [0.2, 0.25) is 0 Å². The number of para-hydroxylation sites is 2. The number of sulfone groups is 1. The molecular weight excluding hydrogens is 521 g/mol. The van der Waals surface area contributed by atoms with Crippen LogP contribution in [0.3, 0.4) is 0 Å². The first-order valence-electron chi connectivity index (χ1n) is 7.10. The molecule has 0 unspecified atom stereocenters. The second-order valence-electron chi connectivity index (χ2n) is 4.87. The van der Waals surface area contributed by atoms with Crippen LogP contribution in [0.5, 0.6) is 5.75 Å². The van der Waals surface area contributed by atoms with E-state index in [0.717, 1.165) is 4.47 Å². The van der Waals surface area contributed by atoms with Crippen molar-refractivity contribution in [3.63, 3.8) is 0 Å².